The van der Waals surface area contributed by atoms with Crippen LogP contribution in [0.4, 0.5) is 0 Å². The van der Waals surface area contributed by atoms with E-state index in [9.17, 15) is 0 Å². The van der Waals surface area contributed by atoms with E-state index in [0.29, 0.717) is 0 Å². The normalized spacial score (nSPS) is 22.8. The zero-order chi connectivity index (χ0) is 11.4. The smallest absolute Gasteiger partial charge is 0.0331 e. The second-order valence-electron chi connectivity index (χ2n) is 5.04. The summed E-state index contributed by atoms with van der Waals surface area (Å²) in [5.74, 6) is 0.788. The number of nitrogens with one attached hydrogen (secondary N) is 1. The van der Waals surface area contributed by atoms with Crippen molar-refractivity contribution >= 4 is 11.3 Å². The number of piperazine rings is 1. The number of hydrogen-bond donors (Lipinski definition) is 1. The van der Waals surface area contributed by atoms with Gasteiger partial charge in [0.15, 0.2) is 0 Å². The van der Waals surface area contributed by atoms with Crippen LogP contribution in [0.1, 0.15) is 25.1 Å². The van der Waals surface area contributed by atoms with Gasteiger partial charge in [0.1, 0.15) is 0 Å². The fourth-order valence-corrected chi connectivity index (χ4v) is 3.12. The molecule has 2 nitrogen and oxygen atoms in total. The van der Waals surface area contributed by atoms with Crippen LogP contribution in [0.2, 0.25) is 0 Å². The molecule has 16 heavy (non-hydrogen) atoms. The van der Waals surface area contributed by atoms with Crippen LogP contribution < -0.4 is 5.32 Å². The van der Waals surface area contributed by atoms with Gasteiger partial charge in [-0.3, -0.25) is 4.90 Å². The first-order valence-electron chi connectivity index (χ1n) is 6.23. The summed E-state index contributed by atoms with van der Waals surface area (Å²) in [7, 11) is 0. The maximum atomic E-state index is 3.51. The molecule has 3 heteroatoms. The first kappa shape index (κ1) is 12.1. The zero-order valence-corrected chi connectivity index (χ0v) is 11.1. The van der Waals surface area contributed by atoms with Crippen molar-refractivity contribution < 1.29 is 0 Å². The minimum absolute atomic E-state index is 0.718. The third-order valence-electron chi connectivity index (χ3n) is 3.15. The Labute approximate surface area is 103 Å². The molecule has 1 aromatic rings. The number of nitrogens with zero attached hydrogens (tertiary/aromatic N) is 1. The van der Waals surface area contributed by atoms with Crippen LogP contribution in [-0.2, 0) is 6.54 Å². The second-order valence-corrected chi connectivity index (χ2v) is 6.07. The molecule has 90 valence electrons. The van der Waals surface area contributed by atoms with Gasteiger partial charge in [0.2, 0.25) is 0 Å². The van der Waals surface area contributed by atoms with Crippen LogP contribution >= 0.6 is 11.3 Å². The largest absolute Gasteiger partial charge is 0.314 e. The van der Waals surface area contributed by atoms with Gasteiger partial charge in [-0.05, 0) is 23.8 Å². The van der Waals surface area contributed by atoms with E-state index in [4.69, 9.17) is 0 Å². The summed E-state index contributed by atoms with van der Waals surface area (Å²) in [5.41, 5.74) is 0. The van der Waals surface area contributed by atoms with Gasteiger partial charge in [-0.1, -0.05) is 19.9 Å². The summed E-state index contributed by atoms with van der Waals surface area (Å²) < 4.78 is 0. The lowest BCUT2D eigenvalue weighted by Crippen LogP contribution is -2.51. The molecular formula is C13H22N2S. The van der Waals surface area contributed by atoms with Gasteiger partial charge in [0.05, 0.1) is 0 Å². The van der Waals surface area contributed by atoms with Crippen molar-refractivity contribution in [3.05, 3.63) is 22.4 Å². The Balaban J connectivity index is 1.93. The number of rotatable bonds is 4. The Morgan fingerprint density at radius 1 is 1.56 bits per heavy atom. The molecule has 1 aromatic heterocycles. The van der Waals surface area contributed by atoms with Gasteiger partial charge in [0, 0.05) is 37.1 Å². The summed E-state index contributed by atoms with van der Waals surface area (Å²) in [6.07, 6.45) is 1.30. The van der Waals surface area contributed by atoms with E-state index in [2.05, 4.69) is 41.6 Å². The lowest BCUT2D eigenvalue weighted by molar-refractivity contribution is 0.135. The van der Waals surface area contributed by atoms with E-state index in [1.165, 1.54) is 17.8 Å². The minimum Gasteiger partial charge on any atom is -0.314 e. The van der Waals surface area contributed by atoms with Crippen molar-refractivity contribution in [2.75, 3.05) is 19.6 Å². The zero-order valence-electron chi connectivity index (χ0n) is 10.3. The summed E-state index contributed by atoms with van der Waals surface area (Å²) in [6.45, 7) is 9.26. The van der Waals surface area contributed by atoms with Crippen molar-refractivity contribution in [3.63, 3.8) is 0 Å². The minimum atomic E-state index is 0.718. The molecule has 0 spiro atoms. The topological polar surface area (TPSA) is 15.3 Å². The third-order valence-corrected chi connectivity index (χ3v) is 4.02. The van der Waals surface area contributed by atoms with E-state index in [1.54, 1.807) is 0 Å². The van der Waals surface area contributed by atoms with E-state index in [1.807, 2.05) is 11.3 Å². The Morgan fingerprint density at radius 3 is 3.12 bits per heavy atom. The lowest BCUT2D eigenvalue weighted by Gasteiger charge is -2.36. The predicted octanol–water partition coefficient (Wildman–Crippen LogP) is 2.57. The first-order chi connectivity index (χ1) is 7.75. The molecule has 0 saturated carbocycles. The van der Waals surface area contributed by atoms with E-state index >= 15 is 0 Å². The van der Waals surface area contributed by atoms with E-state index in [-0.39, 0.29) is 0 Å². The monoisotopic (exact) mass is 238 g/mol. The average molecular weight is 238 g/mol. The fraction of sp³-hybridized carbons (Fsp3) is 0.692. The Hall–Kier alpha value is -0.380. The van der Waals surface area contributed by atoms with Gasteiger partial charge in [-0.2, -0.15) is 0 Å². The average Bonchev–Trinajstić information content (AvgIpc) is 2.73. The summed E-state index contributed by atoms with van der Waals surface area (Å²) in [6, 6.07) is 5.12. The van der Waals surface area contributed by atoms with Crippen LogP contribution in [0.3, 0.4) is 0 Å². The highest BCUT2D eigenvalue weighted by molar-refractivity contribution is 7.09. The Bertz CT molecular complexity index is 295. The molecule has 0 radical (unpaired) electrons. The molecule has 0 aromatic carbocycles. The highest BCUT2D eigenvalue weighted by Crippen LogP contribution is 2.18. The third kappa shape index (κ3) is 3.30. The van der Waals surface area contributed by atoms with Crippen molar-refractivity contribution in [1.82, 2.24) is 10.2 Å². The van der Waals surface area contributed by atoms with Gasteiger partial charge in [-0.25, -0.2) is 0 Å². The molecule has 0 bridgehead atoms. The lowest BCUT2D eigenvalue weighted by atomic mass is 10.0. The molecule has 1 fully saturated rings. The molecule has 2 heterocycles. The highest BCUT2D eigenvalue weighted by atomic mass is 32.1. The van der Waals surface area contributed by atoms with Crippen LogP contribution in [0, 0.1) is 5.92 Å². The standard InChI is InChI=1S/C13H22N2S/c1-11(2)8-12-9-14-5-6-15(12)10-13-4-3-7-16-13/h3-4,7,11-12,14H,5-6,8-10H2,1-2H3. The Morgan fingerprint density at radius 2 is 2.44 bits per heavy atom. The number of thiophene rings is 1. The van der Waals surface area contributed by atoms with Gasteiger partial charge < -0.3 is 5.32 Å². The molecule has 0 aliphatic carbocycles. The maximum Gasteiger partial charge on any atom is 0.0331 e. The molecular weight excluding hydrogens is 216 g/mol. The molecule has 0 amide bonds. The molecule has 1 atom stereocenters. The van der Waals surface area contributed by atoms with Crippen molar-refractivity contribution in [1.29, 1.82) is 0 Å². The maximum absolute atomic E-state index is 3.51. The van der Waals surface area contributed by atoms with Crippen molar-refractivity contribution in [3.8, 4) is 0 Å². The molecule has 2 rings (SSSR count). The van der Waals surface area contributed by atoms with Gasteiger partial charge in [0.25, 0.3) is 0 Å². The second kappa shape index (κ2) is 5.80. The molecule has 1 unspecified atom stereocenters. The predicted molar refractivity (Wildman–Crippen MR) is 70.8 cm³/mol. The number of hydrogen-bond acceptors (Lipinski definition) is 3. The SMILES string of the molecule is CC(C)CC1CNCCN1Cc1cccs1. The molecule has 1 aliphatic heterocycles. The fourth-order valence-electron chi connectivity index (χ4n) is 2.39. The Kier molecular flexibility index (Phi) is 4.38. The highest BCUT2D eigenvalue weighted by Gasteiger charge is 2.22. The van der Waals surface area contributed by atoms with Crippen LogP contribution in [-0.4, -0.2) is 30.6 Å². The van der Waals surface area contributed by atoms with E-state index in [0.717, 1.165) is 31.6 Å². The quantitative estimate of drug-likeness (QED) is 0.867. The molecule has 1 saturated heterocycles. The van der Waals surface area contributed by atoms with Crippen molar-refractivity contribution in [2.24, 2.45) is 5.92 Å². The summed E-state index contributed by atoms with van der Waals surface area (Å²) in [4.78, 5) is 4.14. The van der Waals surface area contributed by atoms with Crippen molar-refractivity contribution in [2.45, 2.75) is 32.9 Å². The molecule has 1 aliphatic rings. The molecule has 1 N–H and O–H groups in total. The summed E-state index contributed by atoms with van der Waals surface area (Å²) in [5, 5.41) is 5.69. The van der Waals surface area contributed by atoms with Crippen LogP contribution in [0.15, 0.2) is 17.5 Å². The van der Waals surface area contributed by atoms with Gasteiger partial charge >= 0.3 is 0 Å². The summed E-state index contributed by atoms with van der Waals surface area (Å²) >= 11 is 1.88. The van der Waals surface area contributed by atoms with Gasteiger partial charge in [-0.15, -0.1) is 11.3 Å². The van der Waals surface area contributed by atoms with E-state index < -0.39 is 0 Å². The van der Waals surface area contributed by atoms with Crippen LogP contribution in [0.25, 0.3) is 0 Å². The first-order valence-corrected chi connectivity index (χ1v) is 7.11. The van der Waals surface area contributed by atoms with Crippen LogP contribution in [0.5, 0.6) is 0 Å².